The molecule has 0 saturated heterocycles. The molecule has 1 amide bonds. The third-order valence-electron chi connectivity index (χ3n) is 3.88. The van der Waals surface area contributed by atoms with Crippen LogP contribution in [-0.4, -0.2) is 22.0 Å². The summed E-state index contributed by atoms with van der Waals surface area (Å²) in [6.45, 7) is 3.53. The Morgan fingerprint density at radius 3 is 3.04 bits per heavy atom. The van der Waals surface area contributed by atoms with E-state index >= 15 is 0 Å². The van der Waals surface area contributed by atoms with Gasteiger partial charge >= 0.3 is 0 Å². The van der Waals surface area contributed by atoms with Gasteiger partial charge in [0.1, 0.15) is 5.69 Å². The molecule has 5 heteroatoms. The summed E-state index contributed by atoms with van der Waals surface area (Å²) < 4.78 is 7.47. The Kier molecular flexibility index (Phi) is 4.76. The van der Waals surface area contributed by atoms with E-state index in [9.17, 15) is 4.79 Å². The minimum absolute atomic E-state index is 0.0663. The van der Waals surface area contributed by atoms with Crippen molar-refractivity contribution in [1.82, 2.24) is 14.9 Å². The van der Waals surface area contributed by atoms with Gasteiger partial charge in [-0.2, -0.15) is 0 Å². The van der Waals surface area contributed by atoms with Gasteiger partial charge in [-0.1, -0.05) is 19.4 Å². The maximum atomic E-state index is 12.5. The maximum Gasteiger partial charge on any atom is 0.268 e. The van der Waals surface area contributed by atoms with Crippen molar-refractivity contribution in [3.05, 3.63) is 54.2 Å². The zero-order valence-electron chi connectivity index (χ0n) is 13.3. The number of carbonyl (C=O) groups excluding carboxylic acids is 1. The minimum Gasteiger partial charge on any atom is -0.463 e. The highest BCUT2D eigenvalue weighted by atomic mass is 16.3. The number of aromatic nitrogens is 2. The topological polar surface area (TPSA) is 60.1 Å². The van der Waals surface area contributed by atoms with Crippen LogP contribution in [0.4, 0.5) is 0 Å². The highest BCUT2D eigenvalue weighted by Crippen LogP contribution is 2.21. The van der Waals surface area contributed by atoms with Crippen LogP contribution in [0.15, 0.2) is 47.2 Å². The molecule has 3 aromatic rings. The average Bonchev–Trinajstić information content (AvgIpc) is 3.15. The molecule has 0 spiro atoms. The van der Waals surface area contributed by atoms with E-state index in [1.165, 1.54) is 0 Å². The summed E-state index contributed by atoms with van der Waals surface area (Å²) in [5.41, 5.74) is 3.38. The van der Waals surface area contributed by atoms with Crippen LogP contribution in [0.25, 0.3) is 11.1 Å². The Balaban J connectivity index is 1.68. The van der Waals surface area contributed by atoms with Gasteiger partial charge in [-0.25, -0.2) is 0 Å². The highest BCUT2D eigenvalue weighted by Gasteiger charge is 2.16. The number of fused-ring (bicyclic) bond motifs is 1. The standard InChI is InChI=1S/C18H21N3O2/c1-2-3-11-21-15-8-12-23-17(15)13-16(21)18(22)20-10-7-14-6-4-5-9-19-14/h4-6,8-9,12-13H,2-3,7,10-11H2,1H3,(H,20,22). The summed E-state index contributed by atoms with van der Waals surface area (Å²) >= 11 is 0. The zero-order valence-corrected chi connectivity index (χ0v) is 13.3. The van der Waals surface area contributed by atoms with E-state index in [0.717, 1.165) is 42.6 Å². The fourth-order valence-corrected chi connectivity index (χ4v) is 2.66. The normalized spacial score (nSPS) is 11.0. The lowest BCUT2D eigenvalue weighted by Crippen LogP contribution is -2.28. The molecule has 0 aromatic carbocycles. The van der Waals surface area contributed by atoms with Crippen molar-refractivity contribution in [1.29, 1.82) is 0 Å². The SMILES string of the molecule is CCCCn1c(C(=O)NCCc2ccccn2)cc2occc21. The summed E-state index contributed by atoms with van der Waals surface area (Å²) in [7, 11) is 0. The van der Waals surface area contributed by atoms with Gasteiger partial charge in [-0.15, -0.1) is 0 Å². The molecule has 0 aliphatic carbocycles. The summed E-state index contributed by atoms with van der Waals surface area (Å²) in [6.07, 6.45) is 6.26. The average molecular weight is 311 g/mol. The number of amides is 1. The van der Waals surface area contributed by atoms with Crippen molar-refractivity contribution in [3.8, 4) is 0 Å². The zero-order chi connectivity index (χ0) is 16.1. The number of rotatable bonds is 7. The molecular formula is C18H21N3O2. The van der Waals surface area contributed by atoms with E-state index in [-0.39, 0.29) is 5.91 Å². The summed E-state index contributed by atoms with van der Waals surface area (Å²) in [5.74, 6) is -0.0663. The number of unbranched alkanes of at least 4 members (excludes halogenated alkanes) is 1. The summed E-state index contributed by atoms with van der Waals surface area (Å²) in [4.78, 5) is 16.8. The molecule has 0 aliphatic rings. The number of carbonyl (C=O) groups is 1. The van der Waals surface area contributed by atoms with Gasteiger partial charge in [0.25, 0.3) is 5.91 Å². The fraction of sp³-hybridized carbons (Fsp3) is 0.333. The molecule has 0 saturated carbocycles. The molecule has 1 N–H and O–H groups in total. The molecule has 23 heavy (non-hydrogen) atoms. The lowest BCUT2D eigenvalue weighted by Gasteiger charge is -2.10. The van der Waals surface area contributed by atoms with E-state index in [1.807, 2.05) is 34.9 Å². The van der Waals surface area contributed by atoms with Crippen molar-refractivity contribution in [2.45, 2.75) is 32.7 Å². The van der Waals surface area contributed by atoms with Crippen LogP contribution in [0.1, 0.15) is 35.9 Å². The van der Waals surface area contributed by atoms with Crippen LogP contribution in [0, 0.1) is 0 Å². The first kappa shape index (κ1) is 15.3. The Bertz CT molecular complexity index is 774. The van der Waals surface area contributed by atoms with Gasteiger partial charge in [0.15, 0.2) is 5.58 Å². The van der Waals surface area contributed by atoms with Crippen LogP contribution >= 0.6 is 0 Å². The summed E-state index contributed by atoms with van der Waals surface area (Å²) in [6, 6.07) is 9.53. The number of furan rings is 1. The van der Waals surface area contributed by atoms with Crippen molar-refractivity contribution >= 4 is 17.0 Å². The lowest BCUT2D eigenvalue weighted by atomic mass is 10.2. The van der Waals surface area contributed by atoms with Gasteiger partial charge in [-0.05, 0) is 18.6 Å². The number of nitrogens with one attached hydrogen (secondary N) is 1. The van der Waals surface area contributed by atoms with Crippen molar-refractivity contribution in [3.63, 3.8) is 0 Å². The van der Waals surface area contributed by atoms with Crippen LogP contribution in [0.5, 0.6) is 0 Å². The van der Waals surface area contributed by atoms with Crippen LogP contribution in [-0.2, 0) is 13.0 Å². The van der Waals surface area contributed by atoms with Gasteiger partial charge in [0.05, 0.1) is 11.8 Å². The maximum absolute atomic E-state index is 12.5. The molecule has 120 valence electrons. The predicted octanol–water partition coefficient (Wildman–Crippen LogP) is 3.40. The van der Waals surface area contributed by atoms with Crippen LogP contribution in [0.2, 0.25) is 0 Å². The summed E-state index contributed by atoms with van der Waals surface area (Å²) in [5, 5.41) is 2.97. The van der Waals surface area contributed by atoms with Crippen molar-refractivity contribution in [2.75, 3.05) is 6.54 Å². The third kappa shape index (κ3) is 3.44. The van der Waals surface area contributed by atoms with Crippen LogP contribution in [0.3, 0.4) is 0 Å². The Morgan fingerprint density at radius 1 is 1.35 bits per heavy atom. The molecular weight excluding hydrogens is 290 g/mol. The van der Waals surface area contributed by atoms with Gasteiger partial charge in [0, 0.05) is 43.5 Å². The molecule has 5 nitrogen and oxygen atoms in total. The monoisotopic (exact) mass is 311 g/mol. The predicted molar refractivity (Wildman–Crippen MR) is 89.4 cm³/mol. The first-order valence-corrected chi connectivity index (χ1v) is 8.04. The minimum atomic E-state index is -0.0663. The largest absolute Gasteiger partial charge is 0.463 e. The second kappa shape index (κ2) is 7.13. The van der Waals surface area contributed by atoms with Crippen LogP contribution < -0.4 is 5.32 Å². The lowest BCUT2D eigenvalue weighted by molar-refractivity contribution is 0.0945. The first-order chi connectivity index (χ1) is 11.3. The molecule has 3 rings (SSSR count). The first-order valence-electron chi connectivity index (χ1n) is 8.04. The van der Waals surface area contributed by atoms with E-state index in [2.05, 4.69) is 17.2 Å². The van der Waals surface area contributed by atoms with Gasteiger partial charge in [-0.3, -0.25) is 9.78 Å². The highest BCUT2D eigenvalue weighted by molar-refractivity contribution is 5.97. The molecule has 0 aliphatic heterocycles. The molecule has 0 unspecified atom stereocenters. The van der Waals surface area contributed by atoms with E-state index < -0.39 is 0 Å². The molecule has 3 heterocycles. The number of pyridine rings is 1. The third-order valence-corrected chi connectivity index (χ3v) is 3.88. The number of hydrogen-bond acceptors (Lipinski definition) is 3. The van der Waals surface area contributed by atoms with E-state index in [0.29, 0.717) is 12.2 Å². The fourth-order valence-electron chi connectivity index (χ4n) is 2.66. The van der Waals surface area contributed by atoms with Crippen molar-refractivity contribution in [2.24, 2.45) is 0 Å². The smallest absolute Gasteiger partial charge is 0.268 e. The molecule has 0 fully saturated rings. The second-order valence-electron chi connectivity index (χ2n) is 5.53. The molecule has 3 aromatic heterocycles. The quantitative estimate of drug-likeness (QED) is 0.727. The van der Waals surface area contributed by atoms with Crippen molar-refractivity contribution < 1.29 is 9.21 Å². The molecule has 0 atom stereocenters. The molecule has 0 bridgehead atoms. The number of hydrogen-bond donors (Lipinski definition) is 1. The number of nitrogens with zero attached hydrogens (tertiary/aromatic N) is 2. The van der Waals surface area contributed by atoms with Gasteiger partial charge < -0.3 is 14.3 Å². The Hall–Kier alpha value is -2.56. The van der Waals surface area contributed by atoms with E-state index in [4.69, 9.17) is 4.42 Å². The molecule has 0 radical (unpaired) electrons. The Labute approximate surface area is 135 Å². The van der Waals surface area contributed by atoms with Gasteiger partial charge in [0.2, 0.25) is 0 Å². The second-order valence-corrected chi connectivity index (χ2v) is 5.53. The number of aryl methyl sites for hydroxylation is 1. The van der Waals surface area contributed by atoms with E-state index in [1.54, 1.807) is 12.5 Å². The Morgan fingerprint density at radius 2 is 2.26 bits per heavy atom.